The fourth-order valence-corrected chi connectivity index (χ4v) is 4.71. The summed E-state index contributed by atoms with van der Waals surface area (Å²) in [6, 6.07) is 24.4. The van der Waals surface area contributed by atoms with Crippen LogP contribution in [0, 0.1) is 0 Å². The number of nitrogens with two attached hydrogens (primary N) is 1. The number of rotatable bonds is 4. The second-order valence-corrected chi connectivity index (χ2v) is 8.40. The highest BCUT2D eigenvalue weighted by molar-refractivity contribution is 6.09. The van der Waals surface area contributed by atoms with Crippen LogP contribution >= 0.6 is 0 Å². The van der Waals surface area contributed by atoms with Crippen molar-refractivity contribution >= 4 is 16.9 Å². The Kier molecular flexibility index (Phi) is 5.62. The normalized spacial score (nSPS) is 15.8. The van der Waals surface area contributed by atoms with Gasteiger partial charge in [0, 0.05) is 36.0 Å². The molecule has 172 valence electrons. The average molecular weight is 461 g/mol. The van der Waals surface area contributed by atoms with E-state index in [9.17, 15) is 0 Å². The van der Waals surface area contributed by atoms with Crippen LogP contribution in [0.4, 0.5) is 5.82 Å². The van der Waals surface area contributed by atoms with E-state index in [0.717, 1.165) is 51.1 Å². The maximum Gasteiger partial charge on any atom is 0.165 e. The number of hydrogen-bond acceptors (Lipinski definition) is 7. The van der Waals surface area contributed by atoms with Crippen molar-refractivity contribution < 1.29 is 4.74 Å². The molecule has 0 amide bonds. The van der Waals surface area contributed by atoms with Crippen molar-refractivity contribution in [3.63, 3.8) is 0 Å². The van der Waals surface area contributed by atoms with Gasteiger partial charge < -0.3 is 15.8 Å². The molecule has 7 heteroatoms. The van der Waals surface area contributed by atoms with Crippen molar-refractivity contribution in [3.8, 4) is 33.5 Å². The van der Waals surface area contributed by atoms with Crippen LogP contribution in [0.25, 0.3) is 44.5 Å². The molecule has 4 heterocycles. The summed E-state index contributed by atoms with van der Waals surface area (Å²) in [7, 11) is 0. The summed E-state index contributed by atoms with van der Waals surface area (Å²) in [4.78, 5) is 18.7. The standard InChI is InChI=1S/C28H24N6O/c29-27-24-22(18-8-3-1-4-9-18)23(19-10-5-2-6-11-19)26(34-28(24)33-17-32-27)20-12-7-13-31-25(20)21-16-30-14-15-35-21/h1-13,17,21,30H,14-16H2,(H2,29,32,33,34). The van der Waals surface area contributed by atoms with E-state index in [4.69, 9.17) is 20.4 Å². The summed E-state index contributed by atoms with van der Waals surface area (Å²) < 4.78 is 6.09. The second kappa shape index (κ2) is 9.21. The SMILES string of the molecule is Nc1ncnc2nc(-c3cccnc3C3CNCCO3)c(-c3ccccc3)c(-c3ccccc3)c12. The first-order valence-electron chi connectivity index (χ1n) is 11.6. The molecule has 1 aliphatic rings. The molecule has 0 radical (unpaired) electrons. The van der Waals surface area contributed by atoms with E-state index in [1.807, 2.05) is 42.5 Å². The Morgan fingerprint density at radius 3 is 2.29 bits per heavy atom. The predicted octanol–water partition coefficient (Wildman–Crippen LogP) is 4.66. The third-order valence-electron chi connectivity index (χ3n) is 6.26. The van der Waals surface area contributed by atoms with Crippen LogP contribution in [0.1, 0.15) is 11.8 Å². The minimum Gasteiger partial charge on any atom is -0.383 e. The van der Waals surface area contributed by atoms with Gasteiger partial charge in [-0.1, -0.05) is 60.7 Å². The molecule has 35 heavy (non-hydrogen) atoms. The van der Waals surface area contributed by atoms with Gasteiger partial charge in [-0.3, -0.25) is 4.98 Å². The first-order valence-corrected chi connectivity index (χ1v) is 11.6. The lowest BCUT2D eigenvalue weighted by molar-refractivity contribution is 0.0254. The molecule has 5 aromatic rings. The molecule has 3 aromatic heterocycles. The monoisotopic (exact) mass is 460 g/mol. The molecule has 1 unspecified atom stereocenters. The zero-order valence-electron chi connectivity index (χ0n) is 19.1. The van der Waals surface area contributed by atoms with E-state index in [1.54, 1.807) is 6.20 Å². The molecule has 1 saturated heterocycles. The number of nitrogens with zero attached hydrogens (tertiary/aromatic N) is 4. The van der Waals surface area contributed by atoms with Crippen molar-refractivity contribution in [1.29, 1.82) is 0 Å². The molecule has 2 aromatic carbocycles. The number of benzene rings is 2. The molecule has 3 N–H and O–H groups in total. The van der Waals surface area contributed by atoms with Gasteiger partial charge in [-0.25, -0.2) is 15.0 Å². The Morgan fingerprint density at radius 2 is 1.57 bits per heavy atom. The summed E-state index contributed by atoms with van der Waals surface area (Å²) >= 11 is 0. The number of hydrogen-bond donors (Lipinski definition) is 2. The number of aromatic nitrogens is 4. The van der Waals surface area contributed by atoms with Gasteiger partial charge in [0.25, 0.3) is 0 Å². The quantitative estimate of drug-likeness (QED) is 0.402. The number of nitrogens with one attached hydrogen (secondary N) is 1. The van der Waals surface area contributed by atoms with Crippen LogP contribution < -0.4 is 11.1 Å². The van der Waals surface area contributed by atoms with Crippen molar-refractivity contribution in [1.82, 2.24) is 25.3 Å². The largest absolute Gasteiger partial charge is 0.383 e. The lowest BCUT2D eigenvalue weighted by atomic mass is 9.88. The maximum atomic E-state index is 6.45. The highest BCUT2D eigenvalue weighted by atomic mass is 16.5. The van der Waals surface area contributed by atoms with Crippen LogP contribution in [0.15, 0.2) is 85.3 Å². The summed E-state index contributed by atoms with van der Waals surface area (Å²) in [5.74, 6) is 0.399. The summed E-state index contributed by atoms with van der Waals surface area (Å²) in [5.41, 5.74) is 13.5. The van der Waals surface area contributed by atoms with Crippen molar-refractivity contribution in [2.45, 2.75) is 6.10 Å². The third-order valence-corrected chi connectivity index (χ3v) is 6.26. The molecule has 0 saturated carbocycles. The summed E-state index contributed by atoms with van der Waals surface area (Å²) in [6.07, 6.45) is 3.10. The topological polar surface area (TPSA) is 98.8 Å². The lowest BCUT2D eigenvalue weighted by Gasteiger charge is -2.26. The Hall–Kier alpha value is -4.20. The molecule has 0 spiro atoms. The van der Waals surface area contributed by atoms with Crippen LogP contribution in [0.3, 0.4) is 0 Å². The molecule has 6 rings (SSSR count). The van der Waals surface area contributed by atoms with Gasteiger partial charge in [0.05, 0.1) is 23.4 Å². The zero-order valence-corrected chi connectivity index (χ0v) is 19.1. The van der Waals surface area contributed by atoms with Gasteiger partial charge >= 0.3 is 0 Å². The van der Waals surface area contributed by atoms with Crippen LogP contribution in [0.2, 0.25) is 0 Å². The van der Waals surface area contributed by atoms with Crippen molar-refractivity contribution in [2.24, 2.45) is 0 Å². The minimum atomic E-state index is -0.170. The summed E-state index contributed by atoms with van der Waals surface area (Å²) in [5, 5.41) is 4.15. The third kappa shape index (κ3) is 3.90. The fraction of sp³-hybridized carbons (Fsp3) is 0.143. The fourth-order valence-electron chi connectivity index (χ4n) is 4.71. The van der Waals surface area contributed by atoms with E-state index < -0.39 is 0 Å². The minimum absolute atomic E-state index is 0.170. The molecule has 1 aliphatic heterocycles. The number of fused-ring (bicyclic) bond motifs is 1. The van der Waals surface area contributed by atoms with Crippen LogP contribution in [0.5, 0.6) is 0 Å². The lowest BCUT2D eigenvalue weighted by Crippen LogP contribution is -2.34. The Labute approximate surface area is 203 Å². The number of ether oxygens (including phenoxy) is 1. The Balaban J connectivity index is 1.74. The smallest absolute Gasteiger partial charge is 0.165 e. The number of pyridine rings is 2. The summed E-state index contributed by atoms with van der Waals surface area (Å²) in [6.45, 7) is 2.16. The molecule has 7 nitrogen and oxygen atoms in total. The first kappa shape index (κ1) is 21.3. The molecule has 1 fully saturated rings. The van der Waals surface area contributed by atoms with Gasteiger partial charge in [-0.15, -0.1) is 0 Å². The van der Waals surface area contributed by atoms with Gasteiger partial charge in [0.1, 0.15) is 18.2 Å². The van der Waals surface area contributed by atoms with Crippen LogP contribution in [-0.4, -0.2) is 39.6 Å². The first-order chi connectivity index (χ1) is 17.3. The van der Waals surface area contributed by atoms with Gasteiger partial charge in [-0.05, 0) is 23.3 Å². The van der Waals surface area contributed by atoms with E-state index >= 15 is 0 Å². The molecule has 1 atom stereocenters. The molecule has 0 bridgehead atoms. The average Bonchev–Trinajstić information content (AvgIpc) is 2.94. The number of nitrogen functional groups attached to an aromatic ring is 1. The van der Waals surface area contributed by atoms with E-state index in [1.165, 1.54) is 6.33 Å². The molecular weight excluding hydrogens is 436 g/mol. The van der Waals surface area contributed by atoms with E-state index in [0.29, 0.717) is 24.6 Å². The van der Waals surface area contributed by atoms with E-state index in [2.05, 4.69) is 45.6 Å². The highest BCUT2D eigenvalue weighted by Gasteiger charge is 2.27. The Bertz CT molecular complexity index is 1480. The molecule has 0 aliphatic carbocycles. The van der Waals surface area contributed by atoms with Crippen molar-refractivity contribution in [2.75, 3.05) is 25.4 Å². The Morgan fingerprint density at radius 1 is 0.829 bits per heavy atom. The molecular formula is C28H24N6O. The number of morpholine rings is 1. The predicted molar refractivity (Wildman–Crippen MR) is 137 cm³/mol. The van der Waals surface area contributed by atoms with E-state index in [-0.39, 0.29) is 6.10 Å². The van der Waals surface area contributed by atoms with Gasteiger partial charge in [-0.2, -0.15) is 0 Å². The maximum absolute atomic E-state index is 6.45. The van der Waals surface area contributed by atoms with Crippen LogP contribution in [-0.2, 0) is 4.74 Å². The van der Waals surface area contributed by atoms with Gasteiger partial charge in [0.15, 0.2) is 5.65 Å². The van der Waals surface area contributed by atoms with Gasteiger partial charge in [0.2, 0.25) is 0 Å². The highest BCUT2D eigenvalue weighted by Crippen LogP contribution is 2.45. The second-order valence-electron chi connectivity index (χ2n) is 8.40. The zero-order chi connectivity index (χ0) is 23.6. The number of anilines is 1. The van der Waals surface area contributed by atoms with Crippen molar-refractivity contribution in [3.05, 3.63) is 91.0 Å².